The number of esters is 1. The molecule has 5 nitrogen and oxygen atoms in total. The third-order valence-corrected chi connectivity index (χ3v) is 5.27. The van der Waals surface area contributed by atoms with Crippen molar-refractivity contribution >= 4 is 11.9 Å². The van der Waals surface area contributed by atoms with Gasteiger partial charge in [-0.2, -0.15) is 0 Å². The summed E-state index contributed by atoms with van der Waals surface area (Å²) in [5.41, 5.74) is 7.12. The van der Waals surface area contributed by atoms with Gasteiger partial charge in [0.1, 0.15) is 6.61 Å². The molecule has 1 amide bonds. The minimum atomic E-state index is -0.299. The summed E-state index contributed by atoms with van der Waals surface area (Å²) in [7, 11) is 0. The summed E-state index contributed by atoms with van der Waals surface area (Å²) in [6.45, 7) is 4.73. The number of likely N-dealkylation sites (tertiary alicyclic amines) is 1. The molecule has 3 aliphatic rings. The molecular weight excluding hydrogens is 256 g/mol. The van der Waals surface area contributed by atoms with E-state index in [4.69, 9.17) is 10.5 Å². The second-order valence-corrected chi connectivity index (χ2v) is 6.79. The Morgan fingerprint density at radius 3 is 2.35 bits per heavy atom. The average molecular weight is 278 g/mol. The number of rotatable bonds is 1. The maximum atomic E-state index is 12.8. The van der Waals surface area contributed by atoms with Gasteiger partial charge in [0.2, 0.25) is 5.91 Å². The molecule has 2 aliphatic heterocycles. The quantitative estimate of drug-likeness (QED) is 0.734. The lowest BCUT2D eigenvalue weighted by Crippen LogP contribution is -2.46. The average Bonchev–Trinajstić information content (AvgIpc) is 2.88. The Bertz CT molecular complexity index is 497. The molecule has 1 aliphatic carbocycles. The lowest BCUT2D eigenvalue weighted by atomic mass is 9.67. The number of hydrogen-bond donors (Lipinski definition) is 1. The SMILES string of the molecule is CC1=C(N2CC[C@]3(CC[C@](C)(N)CC3)C2=O)COC1=O. The number of ether oxygens (including phenoxy) is 1. The summed E-state index contributed by atoms with van der Waals surface area (Å²) < 4.78 is 5.02. The monoisotopic (exact) mass is 278 g/mol. The highest BCUT2D eigenvalue weighted by atomic mass is 16.5. The van der Waals surface area contributed by atoms with Crippen molar-refractivity contribution in [2.75, 3.05) is 13.2 Å². The van der Waals surface area contributed by atoms with Crippen LogP contribution in [0.3, 0.4) is 0 Å². The molecule has 110 valence electrons. The van der Waals surface area contributed by atoms with Crippen LogP contribution in [-0.2, 0) is 14.3 Å². The van der Waals surface area contributed by atoms with E-state index in [1.165, 1.54) is 0 Å². The number of nitrogens with two attached hydrogens (primary N) is 1. The van der Waals surface area contributed by atoms with Gasteiger partial charge < -0.3 is 15.4 Å². The number of nitrogens with zero attached hydrogens (tertiary/aromatic N) is 1. The summed E-state index contributed by atoms with van der Waals surface area (Å²) in [5.74, 6) is -0.132. The van der Waals surface area contributed by atoms with E-state index in [1.807, 2.05) is 0 Å². The van der Waals surface area contributed by atoms with Crippen molar-refractivity contribution in [1.29, 1.82) is 0 Å². The fraction of sp³-hybridized carbons (Fsp3) is 0.733. The Labute approximate surface area is 119 Å². The Hall–Kier alpha value is -1.36. The maximum absolute atomic E-state index is 12.8. The van der Waals surface area contributed by atoms with Crippen LogP contribution in [0.2, 0.25) is 0 Å². The lowest BCUT2D eigenvalue weighted by molar-refractivity contribution is -0.138. The first kappa shape index (κ1) is 13.6. The molecule has 1 saturated carbocycles. The molecule has 5 heteroatoms. The molecule has 0 radical (unpaired) electrons. The van der Waals surface area contributed by atoms with Gasteiger partial charge in [-0.25, -0.2) is 4.79 Å². The van der Waals surface area contributed by atoms with E-state index in [2.05, 4.69) is 6.92 Å². The van der Waals surface area contributed by atoms with Crippen molar-refractivity contribution in [1.82, 2.24) is 4.90 Å². The molecule has 2 heterocycles. The van der Waals surface area contributed by atoms with Crippen LogP contribution in [0.15, 0.2) is 11.3 Å². The van der Waals surface area contributed by atoms with Crippen LogP contribution < -0.4 is 5.73 Å². The molecule has 1 spiro atoms. The largest absolute Gasteiger partial charge is 0.456 e. The van der Waals surface area contributed by atoms with E-state index in [0.29, 0.717) is 12.1 Å². The maximum Gasteiger partial charge on any atom is 0.336 e. The summed E-state index contributed by atoms with van der Waals surface area (Å²) in [5, 5.41) is 0. The number of cyclic esters (lactones) is 1. The second kappa shape index (κ2) is 4.32. The molecule has 3 rings (SSSR count). The predicted octanol–water partition coefficient (Wildman–Crippen LogP) is 1.33. The highest BCUT2D eigenvalue weighted by molar-refractivity contribution is 5.94. The first-order valence-corrected chi connectivity index (χ1v) is 7.32. The fourth-order valence-electron chi connectivity index (χ4n) is 3.59. The van der Waals surface area contributed by atoms with Crippen molar-refractivity contribution in [3.8, 4) is 0 Å². The van der Waals surface area contributed by atoms with Crippen LogP contribution in [0.4, 0.5) is 0 Å². The predicted molar refractivity (Wildman–Crippen MR) is 73.5 cm³/mol. The van der Waals surface area contributed by atoms with Gasteiger partial charge in [-0.15, -0.1) is 0 Å². The normalized spacial score (nSPS) is 38.0. The van der Waals surface area contributed by atoms with Gasteiger partial charge in [0.05, 0.1) is 16.7 Å². The highest BCUT2D eigenvalue weighted by Gasteiger charge is 2.51. The van der Waals surface area contributed by atoms with Crippen LogP contribution >= 0.6 is 0 Å². The lowest BCUT2D eigenvalue weighted by Gasteiger charge is -2.39. The van der Waals surface area contributed by atoms with Gasteiger partial charge in [-0.05, 0) is 46.0 Å². The molecule has 0 unspecified atom stereocenters. The highest BCUT2D eigenvalue weighted by Crippen LogP contribution is 2.48. The minimum absolute atomic E-state index is 0.138. The first-order valence-electron chi connectivity index (χ1n) is 7.32. The summed E-state index contributed by atoms with van der Waals surface area (Å²) >= 11 is 0. The van der Waals surface area contributed by atoms with Gasteiger partial charge in [-0.1, -0.05) is 0 Å². The van der Waals surface area contributed by atoms with Crippen molar-refractivity contribution in [3.63, 3.8) is 0 Å². The van der Waals surface area contributed by atoms with Crippen LogP contribution in [0.25, 0.3) is 0 Å². The molecule has 0 bridgehead atoms. The van der Waals surface area contributed by atoms with E-state index in [0.717, 1.165) is 37.8 Å². The summed E-state index contributed by atoms with van der Waals surface area (Å²) in [6, 6.07) is 0. The van der Waals surface area contributed by atoms with Crippen molar-refractivity contribution in [2.24, 2.45) is 11.1 Å². The Balaban J connectivity index is 1.80. The van der Waals surface area contributed by atoms with Crippen LogP contribution in [0.1, 0.15) is 46.0 Å². The Morgan fingerprint density at radius 1 is 1.15 bits per heavy atom. The molecule has 2 N–H and O–H groups in total. The van der Waals surface area contributed by atoms with Crippen LogP contribution in [0, 0.1) is 5.41 Å². The van der Waals surface area contributed by atoms with E-state index >= 15 is 0 Å². The van der Waals surface area contributed by atoms with E-state index in [9.17, 15) is 9.59 Å². The molecule has 0 aromatic heterocycles. The number of carbonyl (C=O) groups excluding carboxylic acids is 2. The van der Waals surface area contributed by atoms with Crippen molar-refractivity contribution in [3.05, 3.63) is 11.3 Å². The Kier molecular flexibility index (Phi) is 2.94. The third kappa shape index (κ3) is 1.95. The minimum Gasteiger partial charge on any atom is -0.456 e. The molecule has 0 atom stereocenters. The topological polar surface area (TPSA) is 72.6 Å². The molecule has 1 saturated heterocycles. The molecule has 0 aromatic carbocycles. The van der Waals surface area contributed by atoms with Crippen molar-refractivity contribution in [2.45, 2.75) is 51.5 Å². The van der Waals surface area contributed by atoms with Gasteiger partial charge in [0.15, 0.2) is 0 Å². The Morgan fingerprint density at radius 2 is 1.80 bits per heavy atom. The third-order valence-electron chi connectivity index (χ3n) is 5.27. The second-order valence-electron chi connectivity index (χ2n) is 6.79. The molecular formula is C15H22N2O3. The number of hydrogen-bond acceptors (Lipinski definition) is 4. The molecule has 20 heavy (non-hydrogen) atoms. The fourth-order valence-corrected chi connectivity index (χ4v) is 3.59. The first-order chi connectivity index (χ1) is 9.35. The van der Waals surface area contributed by atoms with E-state index in [-0.39, 0.29) is 29.4 Å². The zero-order valence-corrected chi connectivity index (χ0v) is 12.2. The van der Waals surface area contributed by atoms with Gasteiger partial charge in [0.25, 0.3) is 0 Å². The molecule has 0 aromatic rings. The summed E-state index contributed by atoms with van der Waals surface area (Å²) in [4.78, 5) is 26.1. The van der Waals surface area contributed by atoms with E-state index in [1.54, 1.807) is 11.8 Å². The smallest absolute Gasteiger partial charge is 0.336 e. The number of carbonyl (C=O) groups is 2. The van der Waals surface area contributed by atoms with Gasteiger partial charge >= 0.3 is 5.97 Å². The summed E-state index contributed by atoms with van der Waals surface area (Å²) in [6.07, 6.45) is 4.36. The molecule has 2 fully saturated rings. The van der Waals surface area contributed by atoms with Gasteiger partial charge in [0, 0.05) is 12.1 Å². The zero-order valence-electron chi connectivity index (χ0n) is 12.2. The van der Waals surface area contributed by atoms with Crippen molar-refractivity contribution < 1.29 is 14.3 Å². The van der Waals surface area contributed by atoms with Gasteiger partial charge in [-0.3, -0.25) is 4.79 Å². The van der Waals surface area contributed by atoms with Crippen LogP contribution in [0.5, 0.6) is 0 Å². The van der Waals surface area contributed by atoms with Crippen LogP contribution in [-0.4, -0.2) is 35.5 Å². The zero-order chi connectivity index (χ0) is 14.5. The number of amides is 1. The van der Waals surface area contributed by atoms with E-state index < -0.39 is 0 Å². The standard InChI is InChI=1S/C15H22N2O3/c1-10-11(9-20-12(10)18)17-8-7-15(13(17)19)5-3-14(2,16)4-6-15/h3-9,16H2,1-2H3/t14-,15+.